The first-order valence-corrected chi connectivity index (χ1v) is 6.36. The maximum atomic E-state index is 4.72. The molecule has 0 atom stereocenters. The lowest BCUT2D eigenvalue weighted by molar-refractivity contribution is 0.990. The highest BCUT2D eigenvalue weighted by Gasteiger charge is 2.04. The number of pyridine rings is 1. The molecule has 0 fully saturated rings. The molecule has 0 radical (unpaired) electrons. The van der Waals surface area contributed by atoms with Gasteiger partial charge >= 0.3 is 0 Å². The summed E-state index contributed by atoms with van der Waals surface area (Å²) in [5.41, 5.74) is 3.41. The van der Waals surface area contributed by atoms with Crippen LogP contribution in [0.1, 0.15) is 30.9 Å². The van der Waals surface area contributed by atoms with Gasteiger partial charge in [-0.05, 0) is 30.5 Å². The molecule has 2 heteroatoms. The van der Waals surface area contributed by atoms with Crippen molar-refractivity contribution in [1.29, 1.82) is 0 Å². The average Bonchev–Trinajstić information content (AvgIpc) is 2.42. The van der Waals surface area contributed by atoms with E-state index in [1.165, 1.54) is 5.56 Å². The van der Waals surface area contributed by atoms with Gasteiger partial charge in [-0.15, -0.1) is 0 Å². The number of hydrogen-bond donors (Lipinski definition) is 0. The molecule has 2 rings (SSSR count). The maximum Gasteiger partial charge on any atom is 0.154 e. The van der Waals surface area contributed by atoms with Gasteiger partial charge in [0.2, 0.25) is 0 Å². The van der Waals surface area contributed by atoms with E-state index in [-0.39, 0.29) is 0 Å². The number of aryl methyl sites for hydroxylation is 1. The van der Waals surface area contributed by atoms with Crippen molar-refractivity contribution in [3.8, 4) is 0 Å². The summed E-state index contributed by atoms with van der Waals surface area (Å²) in [7, 11) is 0. The molecular formula is C16H18N2. The van der Waals surface area contributed by atoms with Gasteiger partial charge in [0.25, 0.3) is 0 Å². The summed E-state index contributed by atoms with van der Waals surface area (Å²) in [5.74, 6) is 0.824. The van der Waals surface area contributed by atoms with Crippen LogP contribution in [0.5, 0.6) is 0 Å². The molecule has 0 saturated heterocycles. The molecule has 1 aromatic carbocycles. The zero-order valence-electron chi connectivity index (χ0n) is 10.9. The van der Waals surface area contributed by atoms with Crippen molar-refractivity contribution in [3.63, 3.8) is 0 Å². The Kier molecular flexibility index (Phi) is 4.24. The first kappa shape index (κ1) is 12.5. The smallest absolute Gasteiger partial charge is 0.154 e. The molecule has 0 aliphatic heterocycles. The molecule has 0 saturated carbocycles. The number of aromatic nitrogens is 1. The topological polar surface area (TPSA) is 25.2 Å². The Morgan fingerprint density at radius 3 is 2.56 bits per heavy atom. The highest BCUT2D eigenvalue weighted by Crippen LogP contribution is 2.17. The number of benzene rings is 1. The highest BCUT2D eigenvalue weighted by atomic mass is 14.9. The minimum Gasteiger partial charge on any atom is -0.237 e. The summed E-state index contributed by atoms with van der Waals surface area (Å²) in [4.78, 5) is 9.06. The second-order valence-electron chi connectivity index (χ2n) is 4.32. The average molecular weight is 238 g/mol. The summed E-state index contributed by atoms with van der Waals surface area (Å²) in [6.07, 6.45) is 3.85. The normalized spacial score (nSPS) is 11.6. The third kappa shape index (κ3) is 3.04. The van der Waals surface area contributed by atoms with Gasteiger partial charge in [-0.2, -0.15) is 0 Å². The molecule has 92 valence electrons. The summed E-state index contributed by atoms with van der Waals surface area (Å²) >= 11 is 0. The van der Waals surface area contributed by atoms with Crippen molar-refractivity contribution in [2.75, 3.05) is 0 Å². The minimum absolute atomic E-state index is 0.824. The molecule has 0 aliphatic carbocycles. The third-order valence-electron chi connectivity index (χ3n) is 2.82. The van der Waals surface area contributed by atoms with E-state index in [1.807, 2.05) is 37.3 Å². The summed E-state index contributed by atoms with van der Waals surface area (Å²) < 4.78 is 0. The lowest BCUT2D eigenvalue weighted by atomic mass is 10.1. The summed E-state index contributed by atoms with van der Waals surface area (Å²) in [6, 6.07) is 14.3. The van der Waals surface area contributed by atoms with Crippen LogP contribution in [0, 0.1) is 6.92 Å². The van der Waals surface area contributed by atoms with E-state index in [4.69, 9.17) is 4.99 Å². The first-order valence-electron chi connectivity index (χ1n) is 6.36. The molecule has 18 heavy (non-hydrogen) atoms. The zero-order chi connectivity index (χ0) is 12.8. The molecule has 2 nitrogen and oxygen atoms in total. The van der Waals surface area contributed by atoms with Crippen molar-refractivity contribution in [2.45, 2.75) is 26.7 Å². The van der Waals surface area contributed by atoms with E-state index in [0.29, 0.717) is 0 Å². The second kappa shape index (κ2) is 6.10. The van der Waals surface area contributed by atoms with Crippen molar-refractivity contribution < 1.29 is 0 Å². The molecule has 1 aromatic heterocycles. The molecule has 1 heterocycles. The van der Waals surface area contributed by atoms with Crippen LogP contribution in [0.25, 0.3) is 0 Å². The largest absolute Gasteiger partial charge is 0.237 e. The molecule has 0 aliphatic rings. The molecule has 0 amide bonds. The Morgan fingerprint density at radius 2 is 1.89 bits per heavy atom. The second-order valence-corrected chi connectivity index (χ2v) is 4.32. The van der Waals surface area contributed by atoms with E-state index in [0.717, 1.165) is 29.9 Å². The Morgan fingerprint density at radius 1 is 1.11 bits per heavy atom. The van der Waals surface area contributed by atoms with Gasteiger partial charge in [-0.3, -0.25) is 0 Å². The number of nitrogens with zero attached hydrogens (tertiary/aromatic N) is 2. The standard InChI is InChI=1S/C16H18N2/c1-3-8-15(14-10-5-4-6-11-14)18-16-13(2)9-7-12-17-16/h4-7,9-12H,3,8H2,1-2H3/b18-15+. The van der Waals surface area contributed by atoms with Crippen LogP contribution in [-0.2, 0) is 0 Å². The van der Waals surface area contributed by atoms with E-state index in [1.54, 1.807) is 6.20 Å². The monoisotopic (exact) mass is 238 g/mol. The Hall–Kier alpha value is -1.96. The lowest BCUT2D eigenvalue weighted by Crippen LogP contribution is -2.00. The van der Waals surface area contributed by atoms with Crippen molar-refractivity contribution in [3.05, 3.63) is 59.8 Å². The SMILES string of the molecule is CCC/C(=N\c1ncccc1C)c1ccccc1. The molecule has 2 aromatic rings. The fourth-order valence-electron chi connectivity index (χ4n) is 1.85. The quantitative estimate of drug-likeness (QED) is 0.728. The van der Waals surface area contributed by atoms with Crippen LogP contribution in [0.3, 0.4) is 0 Å². The molecule has 0 spiro atoms. The summed E-state index contributed by atoms with van der Waals surface area (Å²) in [5, 5.41) is 0. The first-order chi connectivity index (χ1) is 8.81. The molecular weight excluding hydrogens is 220 g/mol. The minimum atomic E-state index is 0.824. The van der Waals surface area contributed by atoms with Gasteiger partial charge < -0.3 is 0 Å². The predicted molar refractivity (Wildman–Crippen MR) is 76.5 cm³/mol. The van der Waals surface area contributed by atoms with Crippen molar-refractivity contribution >= 4 is 11.5 Å². The van der Waals surface area contributed by atoms with E-state index < -0.39 is 0 Å². The Bertz CT molecular complexity index is 530. The highest BCUT2D eigenvalue weighted by molar-refractivity contribution is 6.01. The number of aliphatic imine (C=N–C) groups is 1. The van der Waals surface area contributed by atoms with Gasteiger partial charge in [-0.1, -0.05) is 49.7 Å². The lowest BCUT2D eigenvalue weighted by Gasteiger charge is -2.06. The van der Waals surface area contributed by atoms with Gasteiger partial charge in [0.1, 0.15) is 0 Å². The number of rotatable bonds is 4. The van der Waals surface area contributed by atoms with Gasteiger partial charge in [-0.25, -0.2) is 9.98 Å². The van der Waals surface area contributed by atoms with Gasteiger partial charge in [0, 0.05) is 6.20 Å². The number of hydrogen-bond acceptors (Lipinski definition) is 2. The van der Waals surface area contributed by atoms with Crippen LogP contribution in [-0.4, -0.2) is 10.7 Å². The molecule has 0 unspecified atom stereocenters. The predicted octanol–water partition coefficient (Wildman–Crippen LogP) is 4.31. The van der Waals surface area contributed by atoms with E-state index >= 15 is 0 Å². The van der Waals surface area contributed by atoms with Crippen LogP contribution in [0.2, 0.25) is 0 Å². The van der Waals surface area contributed by atoms with Gasteiger partial charge in [0.15, 0.2) is 5.82 Å². The van der Waals surface area contributed by atoms with Crippen LogP contribution in [0.15, 0.2) is 53.7 Å². The Labute approximate surface area is 108 Å². The van der Waals surface area contributed by atoms with E-state index in [9.17, 15) is 0 Å². The van der Waals surface area contributed by atoms with Crippen molar-refractivity contribution in [1.82, 2.24) is 4.98 Å². The van der Waals surface area contributed by atoms with Gasteiger partial charge in [0.05, 0.1) is 5.71 Å². The molecule has 0 N–H and O–H groups in total. The fourth-order valence-corrected chi connectivity index (χ4v) is 1.85. The van der Waals surface area contributed by atoms with Crippen molar-refractivity contribution in [2.24, 2.45) is 4.99 Å². The van der Waals surface area contributed by atoms with Crippen LogP contribution < -0.4 is 0 Å². The fraction of sp³-hybridized carbons (Fsp3) is 0.250. The summed E-state index contributed by atoms with van der Waals surface area (Å²) in [6.45, 7) is 4.21. The van der Waals surface area contributed by atoms with E-state index in [2.05, 4.69) is 24.0 Å². The maximum absolute atomic E-state index is 4.72. The van der Waals surface area contributed by atoms with Crippen LogP contribution in [0.4, 0.5) is 5.82 Å². The Balaban J connectivity index is 2.40. The molecule has 0 bridgehead atoms. The zero-order valence-corrected chi connectivity index (χ0v) is 10.9. The third-order valence-corrected chi connectivity index (χ3v) is 2.82. The van der Waals surface area contributed by atoms with Crippen LogP contribution >= 0.6 is 0 Å².